The molecule has 0 bridgehead atoms. The first-order chi connectivity index (χ1) is 9.71. The molecule has 0 amide bonds. The predicted octanol–water partition coefficient (Wildman–Crippen LogP) is 3.38. The largest absolute Gasteiger partial charge is 0.314 e. The average Bonchev–Trinajstić information content (AvgIpc) is 2.47. The number of rotatable bonds is 10. The third-order valence-corrected chi connectivity index (χ3v) is 4.03. The van der Waals surface area contributed by atoms with Crippen molar-refractivity contribution in [1.82, 2.24) is 15.2 Å². The van der Waals surface area contributed by atoms with E-state index in [4.69, 9.17) is 11.6 Å². The summed E-state index contributed by atoms with van der Waals surface area (Å²) < 4.78 is 0. The molecule has 0 radical (unpaired) electrons. The van der Waals surface area contributed by atoms with Gasteiger partial charge < -0.3 is 10.2 Å². The molecular formula is C16H28ClN3. The van der Waals surface area contributed by atoms with E-state index in [0.717, 1.165) is 50.5 Å². The Balaban J connectivity index is 2.57. The van der Waals surface area contributed by atoms with Crippen LogP contribution >= 0.6 is 11.6 Å². The molecule has 0 saturated heterocycles. The molecule has 1 unspecified atom stereocenters. The van der Waals surface area contributed by atoms with Crippen LogP contribution < -0.4 is 5.32 Å². The molecule has 4 heteroatoms. The minimum Gasteiger partial charge on any atom is -0.314 e. The van der Waals surface area contributed by atoms with Crippen molar-refractivity contribution in [3.8, 4) is 0 Å². The fourth-order valence-electron chi connectivity index (χ4n) is 2.34. The third-order valence-electron chi connectivity index (χ3n) is 3.69. The van der Waals surface area contributed by atoms with Gasteiger partial charge in [-0.05, 0) is 57.1 Å². The van der Waals surface area contributed by atoms with E-state index < -0.39 is 0 Å². The van der Waals surface area contributed by atoms with Crippen LogP contribution in [0.3, 0.4) is 0 Å². The Morgan fingerprint density at radius 3 is 2.65 bits per heavy atom. The Hall–Kier alpha value is -0.640. The molecule has 0 aliphatic rings. The highest BCUT2D eigenvalue weighted by Gasteiger charge is 2.12. The minimum atomic E-state index is 0.482. The average molecular weight is 298 g/mol. The van der Waals surface area contributed by atoms with E-state index in [1.54, 1.807) is 6.20 Å². The normalized spacial score (nSPS) is 12.8. The van der Waals surface area contributed by atoms with Crippen LogP contribution in [0.1, 0.15) is 39.2 Å². The van der Waals surface area contributed by atoms with Crippen LogP contribution in [-0.4, -0.2) is 42.1 Å². The highest BCUT2D eigenvalue weighted by atomic mass is 35.5. The van der Waals surface area contributed by atoms with Crippen molar-refractivity contribution in [2.24, 2.45) is 0 Å². The summed E-state index contributed by atoms with van der Waals surface area (Å²) in [4.78, 5) is 6.52. The number of hydrogen-bond acceptors (Lipinski definition) is 3. The standard InChI is InChI=1S/C16H28ClN3/c1-4-9-19-15(8-11-20(5-2)6-3)12-14-7-10-18-13-16(14)17/h7,10,13,15,19H,4-6,8-9,11-12H2,1-3H3. The topological polar surface area (TPSA) is 28.2 Å². The van der Waals surface area contributed by atoms with Gasteiger partial charge >= 0.3 is 0 Å². The third kappa shape index (κ3) is 6.21. The summed E-state index contributed by atoms with van der Waals surface area (Å²) in [6, 6.07) is 2.51. The van der Waals surface area contributed by atoms with Crippen molar-refractivity contribution in [1.29, 1.82) is 0 Å². The van der Waals surface area contributed by atoms with Crippen LogP contribution in [0.25, 0.3) is 0 Å². The molecular weight excluding hydrogens is 270 g/mol. The summed E-state index contributed by atoms with van der Waals surface area (Å²) in [5.74, 6) is 0. The van der Waals surface area contributed by atoms with E-state index >= 15 is 0 Å². The molecule has 0 aliphatic heterocycles. The summed E-state index contributed by atoms with van der Waals surface area (Å²) in [5.41, 5.74) is 1.19. The van der Waals surface area contributed by atoms with Crippen molar-refractivity contribution >= 4 is 11.6 Å². The molecule has 0 saturated carbocycles. The highest BCUT2D eigenvalue weighted by Crippen LogP contribution is 2.16. The molecule has 0 aliphatic carbocycles. The van der Waals surface area contributed by atoms with Crippen LogP contribution in [0.4, 0.5) is 0 Å². The Bertz CT molecular complexity index is 366. The second-order valence-corrected chi connectivity index (χ2v) is 5.55. The van der Waals surface area contributed by atoms with E-state index in [-0.39, 0.29) is 0 Å². The monoisotopic (exact) mass is 297 g/mol. The lowest BCUT2D eigenvalue weighted by molar-refractivity contribution is 0.280. The van der Waals surface area contributed by atoms with Gasteiger partial charge in [-0.15, -0.1) is 0 Å². The molecule has 0 aromatic carbocycles. The van der Waals surface area contributed by atoms with Gasteiger partial charge in [0, 0.05) is 18.4 Å². The van der Waals surface area contributed by atoms with Gasteiger partial charge in [-0.1, -0.05) is 32.4 Å². The second-order valence-electron chi connectivity index (χ2n) is 5.14. The lowest BCUT2D eigenvalue weighted by Crippen LogP contribution is -2.36. The van der Waals surface area contributed by atoms with Crippen LogP contribution in [0.5, 0.6) is 0 Å². The zero-order valence-electron chi connectivity index (χ0n) is 13.0. The molecule has 1 rings (SSSR count). The summed E-state index contributed by atoms with van der Waals surface area (Å²) >= 11 is 6.22. The Morgan fingerprint density at radius 2 is 2.05 bits per heavy atom. The fraction of sp³-hybridized carbons (Fsp3) is 0.688. The summed E-state index contributed by atoms with van der Waals surface area (Å²) in [5, 5.41) is 4.42. The van der Waals surface area contributed by atoms with Gasteiger partial charge in [0.05, 0.1) is 5.02 Å². The predicted molar refractivity (Wildman–Crippen MR) is 87.4 cm³/mol. The maximum atomic E-state index is 6.22. The van der Waals surface area contributed by atoms with Crippen LogP contribution in [0, 0.1) is 0 Å². The van der Waals surface area contributed by atoms with E-state index in [1.807, 2.05) is 12.3 Å². The number of hydrogen-bond donors (Lipinski definition) is 1. The molecule has 1 atom stereocenters. The number of pyridine rings is 1. The number of halogens is 1. The first-order valence-electron chi connectivity index (χ1n) is 7.75. The van der Waals surface area contributed by atoms with Gasteiger partial charge in [0.1, 0.15) is 0 Å². The van der Waals surface area contributed by atoms with E-state index in [9.17, 15) is 0 Å². The number of aromatic nitrogens is 1. The fourth-order valence-corrected chi connectivity index (χ4v) is 2.53. The summed E-state index contributed by atoms with van der Waals surface area (Å²) in [6.07, 6.45) is 6.84. The molecule has 1 aromatic heterocycles. The minimum absolute atomic E-state index is 0.482. The smallest absolute Gasteiger partial charge is 0.0621 e. The zero-order valence-corrected chi connectivity index (χ0v) is 13.8. The van der Waals surface area contributed by atoms with E-state index in [2.05, 4.69) is 36.0 Å². The lowest BCUT2D eigenvalue weighted by Gasteiger charge is -2.24. The first-order valence-corrected chi connectivity index (χ1v) is 8.13. The Kier molecular flexibility index (Phi) is 8.83. The maximum Gasteiger partial charge on any atom is 0.0621 e. The summed E-state index contributed by atoms with van der Waals surface area (Å²) in [7, 11) is 0. The zero-order chi connectivity index (χ0) is 14.8. The molecule has 1 heterocycles. The Morgan fingerprint density at radius 1 is 1.30 bits per heavy atom. The van der Waals surface area contributed by atoms with Crippen LogP contribution in [0.15, 0.2) is 18.5 Å². The molecule has 0 fully saturated rings. The van der Waals surface area contributed by atoms with Gasteiger partial charge in [-0.25, -0.2) is 0 Å². The summed E-state index contributed by atoms with van der Waals surface area (Å²) in [6.45, 7) is 11.1. The molecule has 20 heavy (non-hydrogen) atoms. The second kappa shape index (κ2) is 10.1. The SMILES string of the molecule is CCCNC(CCN(CC)CC)Cc1ccncc1Cl. The van der Waals surface area contributed by atoms with Crippen LogP contribution in [-0.2, 0) is 6.42 Å². The lowest BCUT2D eigenvalue weighted by atomic mass is 10.0. The molecule has 1 aromatic rings. The number of nitrogens with one attached hydrogen (secondary N) is 1. The van der Waals surface area contributed by atoms with E-state index in [1.165, 1.54) is 5.56 Å². The number of nitrogens with zero attached hydrogens (tertiary/aromatic N) is 2. The van der Waals surface area contributed by atoms with Crippen molar-refractivity contribution < 1.29 is 0 Å². The Labute approximate surface area is 128 Å². The van der Waals surface area contributed by atoms with Gasteiger partial charge in [0.25, 0.3) is 0 Å². The van der Waals surface area contributed by atoms with Gasteiger partial charge in [-0.2, -0.15) is 0 Å². The van der Waals surface area contributed by atoms with Crippen molar-refractivity contribution in [2.75, 3.05) is 26.2 Å². The highest BCUT2D eigenvalue weighted by molar-refractivity contribution is 6.31. The molecule has 0 spiro atoms. The molecule has 1 N–H and O–H groups in total. The van der Waals surface area contributed by atoms with Crippen molar-refractivity contribution in [3.05, 3.63) is 29.0 Å². The molecule has 3 nitrogen and oxygen atoms in total. The van der Waals surface area contributed by atoms with Crippen molar-refractivity contribution in [3.63, 3.8) is 0 Å². The first kappa shape index (κ1) is 17.4. The van der Waals surface area contributed by atoms with Crippen molar-refractivity contribution in [2.45, 2.75) is 46.1 Å². The van der Waals surface area contributed by atoms with Gasteiger partial charge in [0.15, 0.2) is 0 Å². The van der Waals surface area contributed by atoms with E-state index in [0.29, 0.717) is 6.04 Å². The maximum absolute atomic E-state index is 6.22. The molecule has 114 valence electrons. The van der Waals surface area contributed by atoms with Gasteiger partial charge in [0.2, 0.25) is 0 Å². The van der Waals surface area contributed by atoms with Crippen LogP contribution in [0.2, 0.25) is 5.02 Å². The quantitative estimate of drug-likeness (QED) is 0.717. The van der Waals surface area contributed by atoms with Gasteiger partial charge in [-0.3, -0.25) is 4.98 Å².